The third kappa shape index (κ3) is 5.24. The number of aromatic nitrogens is 1. The average Bonchev–Trinajstić information content (AvgIpc) is 2.88. The molecule has 34 heavy (non-hydrogen) atoms. The molecule has 0 spiro atoms. The average molecular weight is 457 g/mol. The molecular weight excluding hydrogens is 434 g/mol. The molecule has 4 rings (SSSR count). The maximum absolute atomic E-state index is 12.4. The molecule has 3 aromatic carbocycles. The minimum Gasteiger partial charge on any atom is -0.493 e. The standard InChI is InChI=1S/C26H23N3O5/c1-17(29-34-20-7-5-4-6-8-20)26(30)28-18-9-11-19(12-10-18)33-23-13-14-27-22-16-25(32-3)24(31-2)15-21(22)23/h4-16H,1-3H3,(H,28,30)/b29-17+. The maximum atomic E-state index is 12.4. The van der Waals surface area contributed by atoms with E-state index in [4.69, 9.17) is 19.0 Å². The lowest BCUT2D eigenvalue weighted by molar-refractivity contribution is -0.110. The fourth-order valence-electron chi connectivity index (χ4n) is 3.14. The Morgan fingerprint density at radius 3 is 2.26 bits per heavy atom. The van der Waals surface area contributed by atoms with Crippen LogP contribution in [0.5, 0.6) is 28.7 Å². The van der Waals surface area contributed by atoms with E-state index in [9.17, 15) is 4.79 Å². The largest absolute Gasteiger partial charge is 0.493 e. The molecule has 1 aromatic heterocycles. The van der Waals surface area contributed by atoms with Crippen molar-refractivity contribution in [2.24, 2.45) is 5.16 Å². The molecule has 0 saturated heterocycles. The van der Waals surface area contributed by atoms with Crippen LogP contribution < -0.4 is 24.4 Å². The molecule has 4 aromatic rings. The lowest BCUT2D eigenvalue weighted by Gasteiger charge is -2.12. The number of carbonyl (C=O) groups is 1. The van der Waals surface area contributed by atoms with E-state index in [1.807, 2.05) is 24.3 Å². The number of nitrogens with one attached hydrogen (secondary N) is 1. The second-order valence-corrected chi connectivity index (χ2v) is 7.20. The zero-order valence-corrected chi connectivity index (χ0v) is 18.9. The molecule has 8 nitrogen and oxygen atoms in total. The van der Waals surface area contributed by atoms with Gasteiger partial charge in [-0.3, -0.25) is 9.78 Å². The topological polar surface area (TPSA) is 91.3 Å². The van der Waals surface area contributed by atoms with Crippen LogP contribution in [0, 0.1) is 0 Å². The van der Waals surface area contributed by atoms with E-state index in [2.05, 4.69) is 15.5 Å². The SMILES string of the molecule is COc1cc2nccc(Oc3ccc(NC(=O)/C(C)=N/Oc4ccccc4)cc3)c2cc1OC. The summed E-state index contributed by atoms with van der Waals surface area (Å²) in [5.74, 6) is 2.57. The molecule has 0 saturated carbocycles. The summed E-state index contributed by atoms with van der Waals surface area (Å²) >= 11 is 0. The van der Waals surface area contributed by atoms with E-state index >= 15 is 0 Å². The minimum atomic E-state index is -0.370. The summed E-state index contributed by atoms with van der Waals surface area (Å²) in [5.41, 5.74) is 1.50. The Morgan fingerprint density at radius 2 is 1.56 bits per heavy atom. The van der Waals surface area contributed by atoms with Crippen molar-refractivity contribution in [1.82, 2.24) is 4.98 Å². The van der Waals surface area contributed by atoms with E-state index in [1.54, 1.807) is 75.9 Å². The normalized spacial score (nSPS) is 11.1. The van der Waals surface area contributed by atoms with Gasteiger partial charge < -0.3 is 24.4 Å². The number of fused-ring (bicyclic) bond motifs is 1. The monoisotopic (exact) mass is 457 g/mol. The van der Waals surface area contributed by atoms with Gasteiger partial charge >= 0.3 is 0 Å². The first-order valence-corrected chi connectivity index (χ1v) is 10.4. The van der Waals surface area contributed by atoms with Gasteiger partial charge in [0.2, 0.25) is 0 Å². The number of ether oxygens (including phenoxy) is 3. The minimum absolute atomic E-state index is 0.191. The predicted molar refractivity (Wildman–Crippen MR) is 130 cm³/mol. The molecule has 1 N–H and O–H groups in total. The van der Waals surface area contributed by atoms with Gasteiger partial charge in [-0.05, 0) is 55.5 Å². The number of hydrogen-bond acceptors (Lipinski definition) is 7. The van der Waals surface area contributed by atoms with E-state index in [0.717, 1.165) is 5.39 Å². The molecule has 0 aliphatic carbocycles. The van der Waals surface area contributed by atoms with Crippen molar-refractivity contribution in [2.45, 2.75) is 6.92 Å². The number of methoxy groups -OCH3 is 2. The van der Waals surface area contributed by atoms with Gasteiger partial charge in [-0.2, -0.15) is 0 Å². The Labute approximate surface area is 196 Å². The number of rotatable bonds is 8. The van der Waals surface area contributed by atoms with E-state index in [1.165, 1.54) is 0 Å². The van der Waals surface area contributed by atoms with Gasteiger partial charge in [0.25, 0.3) is 5.91 Å². The van der Waals surface area contributed by atoms with Crippen LogP contribution in [-0.4, -0.2) is 30.8 Å². The summed E-state index contributed by atoms with van der Waals surface area (Å²) in [6, 6.07) is 21.4. The van der Waals surface area contributed by atoms with Gasteiger partial charge in [0.1, 0.15) is 17.2 Å². The molecule has 0 fully saturated rings. The number of para-hydroxylation sites is 1. The molecule has 0 unspecified atom stereocenters. The highest BCUT2D eigenvalue weighted by Gasteiger charge is 2.12. The zero-order valence-electron chi connectivity index (χ0n) is 18.9. The van der Waals surface area contributed by atoms with Gasteiger partial charge in [0.05, 0.1) is 19.7 Å². The Bertz CT molecular complexity index is 1320. The van der Waals surface area contributed by atoms with Crippen molar-refractivity contribution in [3.8, 4) is 28.7 Å². The summed E-state index contributed by atoms with van der Waals surface area (Å²) in [7, 11) is 3.15. The number of benzene rings is 3. The van der Waals surface area contributed by atoms with E-state index < -0.39 is 0 Å². The Balaban J connectivity index is 1.45. The molecule has 0 aliphatic rings. The van der Waals surface area contributed by atoms with Crippen LogP contribution in [0.25, 0.3) is 10.9 Å². The Hall–Kier alpha value is -4.59. The second kappa shape index (κ2) is 10.4. The van der Waals surface area contributed by atoms with E-state index in [0.29, 0.717) is 40.0 Å². The van der Waals surface area contributed by atoms with Crippen molar-refractivity contribution < 1.29 is 23.8 Å². The van der Waals surface area contributed by atoms with Crippen molar-refractivity contribution >= 4 is 28.2 Å². The van der Waals surface area contributed by atoms with Crippen molar-refractivity contribution in [2.75, 3.05) is 19.5 Å². The number of carbonyl (C=O) groups excluding carboxylic acids is 1. The van der Waals surface area contributed by atoms with Crippen molar-refractivity contribution in [3.05, 3.63) is 79.0 Å². The summed E-state index contributed by atoms with van der Waals surface area (Å²) in [6.45, 7) is 1.58. The zero-order chi connectivity index (χ0) is 23.9. The van der Waals surface area contributed by atoms with Crippen LogP contribution in [0.1, 0.15) is 6.92 Å². The third-order valence-electron chi connectivity index (χ3n) is 4.91. The fraction of sp³-hybridized carbons (Fsp3) is 0.115. The molecule has 1 heterocycles. The highest BCUT2D eigenvalue weighted by molar-refractivity contribution is 6.42. The number of nitrogens with zero attached hydrogens (tertiary/aromatic N) is 2. The number of anilines is 1. The highest BCUT2D eigenvalue weighted by Crippen LogP contribution is 2.36. The van der Waals surface area contributed by atoms with Crippen LogP contribution in [0.15, 0.2) is 84.1 Å². The van der Waals surface area contributed by atoms with Crippen LogP contribution in [-0.2, 0) is 4.79 Å². The summed E-state index contributed by atoms with van der Waals surface area (Å²) in [6.07, 6.45) is 1.66. The van der Waals surface area contributed by atoms with Gasteiger partial charge in [-0.15, -0.1) is 0 Å². The Kier molecular flexibility index (Phi) is 6.88. The number of pyridine rings is 1. The summed E-state index contributed by atoms with van der Waals surface area (Å²) < 4.78 is 16.8. The first-order chi connectivity index (χ1) is 16.6. The van der Waals surface area contributed by atoms with Gasteiger partial charge in [-0.1, -0.05) is 23.4 Å². The van der Waals surface area contributed by atoms with Gasteiger partial charge in [-0.25, -0.2) is 0 Å². The molecule has 172 valence electrons. The van der Waals surface area contributed by atoms with Crippen LogP contribution in [0.2, 0.25) is 0 Å². The number of oxime groups is 1. The van der Waals surface area contributed by atoms with Gasteiger partial charge in [0.15, 0.2) is 17.2 Å². The lowest BCUT2D eigenvalue weighted by Crippen LogP contribution is -2.20. The lowest BCUT2D eigenvalue weighted by atomic mass is 10.2. The maximum Gasteiger partial charge on any atom is 0.273 e. The second-order valence-electron chi connectivity index (χ2n) is 7.20. The van der Waals surface area contributed by atoms with E-state index in [-0.39, 0.29) is 11.6 Å². The van der Waals surface area contributed by atoms with Crippen LogP contribution in [0.3, 0.4) is 0 Å². The molecule has 1 amide bonds. The third-order valence-corrected chi connectivity index (χ3v) is 4.91. The fourth-order valence-corrected chi connectivity index (χ4v) is 3.14. The highest BCUT2D eigenvalue weighted by atomic mass is 16.6. The molecular formula is C26H23N3O5. The summed E-state index contributed by atoms with van der Waals surface area (Å²) in [4.78, 5) is 22.0. The number of hydrogen-bond donors (Lipinski definition) is 1. The molecule has 0 atom stereocenters. The molecule has 0 bridgehead atoms. The Morgan fingerprint density at radius 1 is 0.853 bits per heavy atom. The first kappa shape index (κ1) is 22.6. The number of amides is 1. The summed E-state index contributed by atoms with van der Waals surface area (Å²) in [5, 5.41) is 7.44. The van der Waals surface area contributed by atoms with Crippen LogP contribution >= 0.6 is 0 Å². The first-order valence-electron chi connectivity index (χ1n) is 10.4. The smallest absolute Gasteiger partial charge is 0.273 e. The molecule has 8 heteroatoms. The van der Waals surface area contributed by atoms with Gasteiger partial charge in [0, 0.05) is 23.3 Å². The van der Waals surface area contributed by atoms with Crippen molar-refractivity contribution in [3.63, 3.8) is 0 Å². The van der Waals surface area contributed by atoms with Crippen molar-refractivity contribution in [1.29, 1.82) is 0 Å². The predicted octanol–water partition coefficient (Wildman–Crippen LogP) is 5.44. The molecule has 0 radical (unpaired) electrons. The molecule has 0 aliphatic heterocycles. The quantitative estimate of drug-likeness (QED) is 0.280. The van der Waals surface area contributed by atoms with Crippen LogP contribution in [0.4, 0.5) is 5.69 Å².